The Kier molecular flexibility index (Phi) is 5.20. The van der Waals surface area contributed by atoms with Crippen LogP contribution in [0, 0.1) is 5.82 Å². The van der Waals surface area contributed by atoms with Crippen molar-refractivity contribution in [1.82, 2.24) is 20.0 Å². The SMILES string of the molecule is CC12OP3(=O)OC(CN4CCCC4)(O3)N1C(=O)N(c1cc(Cc3n[nH]c(=O)c4ccccc34)ccc1F)C2=O. The summed E-state index contributed by atoms with van der Waals surface area (Å²) < 4.78 is 44.6. The van der Waals surface area contributed by atoms with E-state index in [1.165, 1.54) is 19.1 Å². The number of carbonyl (C=O) groups excluding carboxylic acids is 2. The number of urea groups is 1. The van der Waals surface area contributed by atoms with Crippen LogP contribution in [0.1, 0.15) is 31.0 Å². The van der Waals surface area contributed by atoms with Gasteiger partial charge in [-0.1, -0.05) is 24.3 Å². The first kappa shape index (κ1) is 24.6. The summed E-state index contributed by atoms with van der Waals surface area (Å²) in [5, 5.41) is 7.70. The maximum atomic E-state index is 15.2. The van der Waals surface area contributed by atoms with Crippen LogP contribution in [-0.4, -0.2) is 63.2 Å². The minimum atomic E-state index is -4.08. The molecule has 12 nitrogen and oxygen atoms in total. The molecule has 2 bridgehead atoms. The number of nitrogens with one attached hydrogen (secondary N) is 1. The van der Waals surface area contributed by atoms with E-state index in [1.807, 2.05) is 4.90 Å². The lowest BCUT2D eigenvalue weighted by atomic mass is 10.0. The van der Waals surface area contributed by atoms with Crippen molar-refractivity contribution in [3.63, 3.8) is 0 Å². The number of aromatic nitrogens is 2. The molecule has 0 radical (unpaired) electrons. The number of H-pyrrole nitrogens is 1. The summed E-state index contributed by atoms with van der Waals surface area (Å²) in [6, 6.07) is 10.1. The smallest absolute Gasteiger partial charge is 0.296 e. The molecule has 1 atom stereocenters. The fourth-order valence-corrected chi connectivity index (χ4v) is 7.48. The number of amides is 3. The molecular formula is C25H23FN5O7P. The predicted octanol–water partition coefficient (Wildman–Crippen LogP) is 3.07. The fourth-order valence-electron chi connectivity index (χ4n) is 5.82. The second kappa shape index (κ2) is 8.26. The van der Waals surface area contributed by atoms with Crippen molar-refractivity contribution in [2.75, 3.05) is 24.5 Å². The van der Waals surface area contributed by atoms with Gasteiger partial charge in [0.1, 0.15) is 5.82 Å². The van der Waals surface area contributed by atoms with Gasteiger partial charge in [0.15, 0.2) is 0 Å². The fraction of sp³-hybridized carbons (Fsp3) is 0.360. The third-order valence-corrected chi connectivity index (χ3v) is 9.17. The molecule has 5 saturated heterocycles. The van der Waals surface area contributed by atoms with Gasteiger partial charge in [-0.15, -0.1) is 0 Å². The minimum Gasteiger partial charge on any atom is -0.296 e. The second-order valence-corrected chi connectivity index (χ2v) is 11.6. The van der Waals surface area contributed by atoms with Gasteiger partial charge in [-0.2, -0.15) is 5.10 Å². The summed E-state index contributed by atoms with van der Waals surface area (Å²) >= 11 is 0. The highest BCUT2D eigenvalue weighted by Crippen LogP contribution is 2.74. The number of aromatic amines is 1. The van der Waals surface area contributed by atoms with Gasteiger partial charge in [-0.25, -0.2) is 42.2 Å². The Labute approximate surface area is 220 Å². The highest BCUT2D eigenvalue weighted by atomic mass is 31.2. The third kappa shape index (κ3) is 3.54. The normalized spacial score (nSPS) is 30.2. The van der Waals surface area contributed by atoms with Gasteiger partial charge in [0.2, 0.25) is 5.72 Å². The van der Waals surface area contributed by atoms with Crippen molar-refractivity contribution in [2.45, 2.75) is 37.8 Å². The Morgan fingerprint density at radius 1 is 1.05 bits per heavy atom. The number of nitrogens with zero attached hydrogens (tertiary/aromatic N) is 4. The van der Waals surface area contributed by atoms with Crippen LogP contribution in [0.2, 0.25) is 0 Å². The lowest BCUT2D eigenvalue weighted by Gasteiger charge is -2.58. The van der Waals surface area contributed by atoms with Gasteiger partial charge in [0, 0.05) is 11.8 Å². The zero-order valence-electron chi connectivity index (χ0n) is 20.8. The Morgan fingerprint density at radius 2 is 1.77 bits per heavy atom. The van der Waals surface area contributed by atoms with Crippen molar-refractivity contribution in [3.05, 3.63) is 69.9 Å². The topological polar surface area (TPSA) is 134 Å². The van der Waals surface area contributed by atoms with Gasteiger partial charge in [0.25, 0.3) is 17.4 Å². The molecule has 14 heteroatoms. The van der Waals surface area contributed by atoms with Gasteiger partial charge in [0.05, 0.1) is 23.3 Å². The van der Waals surface area contributed by atoms with E-state index >= 15 is 4.39 Å². The standard InChI is InChI=1S/C25H23FN5O7P/c1-24-22(33)30(23(34)31(24)25(14-29-10-4-5-11-29)37-39(35,36-24)38-25)20-13-15(8-9-18(20)26)12-19-16-6-2-3-7-17(16)21(32)28-27-19/h2-3,6-9,13H,4-5,10-12,14H2,1H3,(H,28,32). The summed E-state index contributed by atoms with van der Waals surface area (Å²) in [5.74, 6) is -3.52. The van der Waals surface area contributed by atoms with Crippen molar-refractivity contribution in [3.8, 4) is 0 Å². The number of rotatable bonds is 5. The van der Waals surface area contributed by atoms with Gasteiger partial charge >= 0.3 is 13.9 Å². The first-order chi connectivity index (χ1) is 18.6. The molecule has 0 spiro atoms. The first-order valence-electron chi connectivity index (χ1n) is 12.5. The van der Waals surface area contributed by atoms with Crippen LogP contribution in [-0.2, 0) is 29.4 Å². The van der Waals surface area contributed by atoms with E-state index in [2.05, 4.69) is 10.2 Å². The molecule has 3 amide bonds. The number of phosphoric ester groups is 1. The number of anilines is 1. The molecule has 1 unspecified atom stereocenters. The number of benzene rings is 2. The zero-order valence-corrected chi connectivity index (χ0v) is 21.7. The molecule has 8 rings (SSSR count). The Hall–Kier alpha value is -3.48. The van der Waals surface area contributed by atoms with Crippen LogP contribution >= 0.6 is 7.82 Å². The molecule has 2 aromatic carbocycles. The van der Waals surface area contributed by atoms with Crippen LogP contribution in [0.15, 0.2) is 47.3 Å². The Morgan fingerprint density at radius 3 is 2.51 bits per heavy atom. The molecule has 6 heterocycles. The molecule has 5 aliphatic rings. The van der Waals surface area contributed by atoms with Crippen molar-refractivity contribution < 1.29 is 32.1 Å². The van der Waals surface area contributed by atoms with E-state index < -0.39 is 37.2 Å². The van der Waals surface area contributed by atoms with E-state index in [1.54, 1.807) is 24.3 Å². The second-order valence-electron chi connectivity index (χ2n) is 10.2. The van der Waals surface area contributed by atoms with E-state index in [4.69, 9.17) is 13.6 Å². The van der Waals surface area contributed by atoms with Gasteiger partial charge in [-0.3, -0.25) is 14.5 Å². The molecule has 0 saturated carbocycles. The predicted molar refractivity (Wildman–Crippen MR) is 134 cm³/mol. The lowest BCUT2D eigenvalue weighted by molar-refractivity contribution is -0.364. The van der Waals surface area contributed by atoms with Gasteiger partial charge < -0.3 is 0 Å². The molecule has 5 aliphatic heterocycles. The molecule has 1 N–H and O–H groups in total. The highest BCUT2D eigenvalue weighted by molar-refractivity contribution is 7.49. The molecular weight excluding hydrogens is 532 g/mol. The van der Waals surface area contributed by atoms with Crippen molar-refractivity contribution in [2.24, 2.45) is 0 Å². The molecule has 5 fully saturated rings. The summed E-state index contributed by atoms with van der Waals surface area (Å²) in [7, 11) is -4.08. The van der Waals surface area contributed by atoms with E-state index in [-0.39, 0.29) is 24.2 Å². The Bertz CT molecular complexity index is 1660. The lowest BCUT2D eigenvalue weighted by Crippen LogP contribution is -2.73. The summed E-state index contributed by atoms with van der Waals surface area (Å²) in [5.41, 5.74) is -1.59. The van der Waals surface area contributed by atoms with Crippen molar-refractivity contribution >= 4 is 36.2 Å². The van der Waals surface area contributed by atoms with Crippen LogP contribution in [0.3, 0.4) is 0 Å². The molecule has 1 aromatic heterocycles. The van der Waals surface area contributed by atoms with Crippen LogP contribution in [0.25, 0.3) is 10.8 Å². The number of imide groups is 1. The molecule has 202 valence electrons. The number of phosphoric acid groups is 1. The summed E-state index contributed by atoms with van der Waals surface area (Å²) in [6.07, 6.45) is 2.06. The molecule has 3 aromatic rings. The molecule has 39 heavy (non-hydrogen) atoms. The average molecular weight is 555 g/mol. The average Bonchev–Trinajstić information content (AvgIpc) is 3.45. The van der Waals surface area contributed by atoms with E-state index in [0.29, 0.717) is 26.9 Å². The van der Waals surface area contributed by atoms with E-state index in [9.17, 15) is 18.9 Å². The van der Waals surface area contributed by atoms with Crippen LogP contribution in [0.5, 0.6) is 0 Å². The first-order valence-corrected chi connectivity index (χ1v) is 14.0. The quantitative estimate of drug-likeness (QED) is 0.372. The minimum absolute atomic E-state index is 0.0657. The van der Waals surface area contributed by atoms with Crippen LogP contribution < -0.4 is 10.5 Å². The maximum Gasteiger partial charge on any atom is 0.485 e. The number of hydrogen-bond donors (Lipinski definition) is 1. The summed E-state index contributed by atoms with van der Waals surface area (Å²) in [4.78, 5) is 43.2. The Balaban J connectivity index is 1.26. The number of likely N-dealkylation sites (tertiary alicyclic amines) is 1. The number of halogens is 1. The number of hydrogen-bond acceptors (Lipinski definition) is 9. The third-order valence-electron chi connectivity index (χ3n) is 7.57. The van der Waals surface area contributed by atoms with Crippen LogP contribution in [0.4, 0.5) is 14.9 Å². The van der Waals surface area contributed by atoms with E-state index in [0.717, 1.165) is 36.9 Å². The number of fused-ring (bicyclic) bond motifs is 1. The molecule has 0 aliphatic carbocycles. The van der Waals surface area contributed by atoms with Gasteiger partial charge in [-0.05, 0) is 56.6 Å². The monoisotopic (exact) mass is 555 g/mol. The largest absolute Gasteiger partial charge is 0.485 e. The summed E-state index contributed by atoms with van der Waals surface area (Å²) in [6.45, 7) is 2.82. The maximum absolute atomic E-state index is 15.2. The number of carbonyl (C=O) groups is 2. The zero-order chi connectivity index (χ0) is 27.2. The highest BCUT2D eigenvalue weighted by Gasteiger charge is 2.79. The van der Waals surface area contributed by atoms with Crippen molar-refractivity contribution in [1.29, 1.82) is 0 Å².